The van der Waals surface area contributed by atoms with Crippen LogP contribution in [0.4, 0.5) is 5.69 Å². The Morgan fingerprint density at radius 2 is 1.61 bits per heavy atom. The molecule has 1 heterocycles. The van der Waals surface area contributed by atoms with Gasteiger partial charge in [-0.3, -0.25) is 4.79 Å². The van der Waals surface area contributed by atoms with E-state index in [-0.39, 0.29) is 5.78 Å². The highest BCUT2D eigenvalue weighted by molar-refractivity contribution is 6.12. The average molecular weight is 550 g/mol. The maximum atomic E-state index is 13.1. The molecule has 1 aromatic heterocycles. The summed E-state index contributed by atoms with van der Waals surface area (Å²) >= 11 is 0. The Hall–Kier alpha value is -4.95. The number of fused-ring (bicyclic) bond motifs is 1. The molecular formula is C33H31N3O5. The van der Waals surface area contributed by atoms with Crippen LogP contribution in [-0.2, 0) is 22.5 Å². The molecule has 0 bridgehead atoms. The quantitative estimate of drug-likeness (QED) is 0.114. The molecule has 0 spiro atoms. The number of anilines is 1. The van der Waals surface area contributed by atoms with Gasteiger partial charge in [0.05, 0.1) is 13.7 Å². The van der Waals surface area contributed by atoms with Gasteiger partial charge in [-0.15, -0.1) is 0 Å². The topological polar surface area (TPSA) is 103 Å². The molecule has 0 radical (unpaired) electrons. The number of benzene rings is 4. The second kappa shape index (κ2) is 13.4. The lowest BCUT2D eigenvalue weighted by Gasteiger charge is -2.20. The molecule has 5 rings (SSSR count). The van der Waals surface area contributed by atoms with Crippen LogP contribution < -0.4 is 15.4 Å². The van der Waals surface area contributed by atoms with E-state index in [1.165, 1.54) is 7.11 Å². The van der Waals surface area contributed by atoms with Gasteiger partial charge in [0.1, 0.15) is 23.9 Å². The van der Waals surface area contributed by atoms with Gasteiger partial charge in [0, 0.05) is 29.8 Å². The maximum absolute atomic E-state index is 13.1. The van der Waals surface area contributed by atoms with Crippen LogP contribution in [0, 0.1) is 0 Å². The summed E-state index contributed by atoms with van der Waals surface area (Å²) in [5.74, 6) is 0.814. The molecule has 4 aromatic carbocycles. The lowest BCUT2D eigenvalue weighted by Crippen LogP contribution is -2.33. The fourth-order valence-electron chi connectivity index (χ4n) is 4.46. The van der Waals surface area contributed by atoms with Gasteiger partial charge in [-0.1, -0.05) is 66.7 Å². The van der Waals surface area contributed by atoms with Gasteiger partial charge in [-0.2, -0.15) is 0 Å². The van der Waals surface area contributed by atoms with Crippen LogP contribution in [0.5, 0.6) is 5.75 Å². The third-order valence-electron chi connectivity index (χ3n) is 6.55. The van der Waals surface area contributed by atoms with E-state index >= 15 is 0 Å². The molecule has 0 saturated heterocycles. The van der Waals surface area contributed by atoms with Crippen LogP contribution >= 0.6 is 0 Å². The number of rotatable bonds is 13. The largest absolute Gasteiger partial charge is 0.492 e. The molecule has 1 atom stereocenters. The van der Waals surface area contributed by atoms with E-state index in [1.54, 1.807) is 30.3 Å². The van der Waals surface area contributed by atoms with Crippen molar-refractivity contribution in [2.75, 3.05) is 25.6 Å². The Labute approximate surface area is 238 Å². The highest BCUT2D eigenvalue weighted by Crippen LogP contribution is 2.22. The number of hydrogen-bond acceptors (Lipinski definition) is 8. The number of hydrogen-bond donors (Lipinski definition) is 2. The first-order valence-electron chi connectivity index (χ1n) is 13.4. The third kappa shape index (κ3) is 7.17. The Kier molecular flexibility index (Phi) is 9.03. The molecule has 2 N–H and O–H groups in total. The minimum absolute atomic E-state index is 0.123. The van der Waals surface area contributed by atoms with Crippen LogP contribution in [0.15, 0.2) is 108 Å². The lowest BCUT2D eigenvalue weighted by molar-refractivity contribution is -0.141. The van der Waals surface area contributed by atoms with E-state index in [4.69, 9.17) is 13.9 Å². The molecule has 8 heteroatoms. The smallest absolute Gasteiger partial charge is 0.328 e. The zero-order valence-corrected chi connectivity index (χ0v) is 22.7. The van der Waals surface area contributed by atoms with Gasteiger partial charge in [0.2, 0.25) is 5.89 Å². The Morgan fingerprint density at radius 3 is 2.39 bits per heavy atom. The normalized spacial score (nSPS) is 11.6. The Morgan fingerprint density at radius 1 is 0.878 bits per heavy atom. The summed E-state index contributed by atoms with van der Waals surface area (Å²) in [6.45, 7) is 1.60. The van der Waals surface area contributed by atoms with Crippen LogP contribution in [-0.4, -0.2) is 43.0 Å². The first kappa shape index (κ1) is 27.6. The molecule has 0 aliphatic carbocycles. The van der Waals surface area contributed by atoms with Crippen molar-refractivity contribution in [1.82, 2.24) is 10.3 Å². The fourth-order valence-corrected chi connectivity index (χ4v) is 4.46. The summed E-state index contributed by atoms with van der Waals surface area (Å²) in [5.41, 5.74) is 4.17. The molecule has 208 valence electrons. The van der Waals surface area contributed by atoms with Crippen LogP contribution in [0.25, 0.3) is 11.1 Å². The number of carbonyl (C=O) groups is 2. The highest BCUT2D eigenvalue weighted by Gasteiger charge is 2.22. The molecule has 5 aromatic rings. The molecule has 1 unspecified atom stereocenters. The molecule has 0 aliphatic rings. The zero-order chi connectivity index (χ0) is 28.4. The zero-order valence-electron chi connectivity index (χ0n) is 22.7. The second-order valence-corrected chi connectivity index (χ2v) is 9.41. The van der Waals surface area contributed by atoms with Crippen molar-refractivity contribution in [2.45, 2.75) is 19.0 Å². The third-order valence-corrected chi connectivity index (χ3v) is 6.55. The van der Waals surface area contributed by atoms with Gasteiger partial charge in [-0.25, -0.2) is 9.78 Å². The predicted molar refractivity (Wildman–Crippen MR) is 157 cm³/mol. The van der Waals surface area contributed by atoms with Crippen molar-refractivity contribution >= 4 is 28.5 Å². The Bertz CT molecular complexity index is 1570. The van der Waals surface area contributed by atoms with Crippen molar-refractivity contribution in [3.63, 3.8) is 0 Å². The second-order valence-electron chi connectivity index (χ2n) is 9.41. The maximum Gasteiger partial charge on any atom is 0.328 e. The van der Waals surface area contributed by atoms with Gasteiger partial charge in [0.25, 0.3) is 0 Å². The molecule has 0 saturated carbocycles. The van der Waals surface area contributed by atoms with Gasteiger partial charge >= 0.3 is 5.97 Å². The van der Waals surface area contributed by atoms with Crippen molar-refractivity contribution in [1.29, 1.82) is 0 Å². The molecule has 41 heavy (non-hydrogen) atoms. The van der Waals surface area contributed by atoms with E-state index < -0.39 is 12.0 Å². The predicted octanol–water partition coefficient (Wildman–Crippen LogP) is 5.42. The van der Waals surface area contributed by atoms with E-state index in [0.717, 1.165) is 22.4 Å². The molecule has 0 aliphatic heterocycles. The van der Waals surface area contributed by atoms with Crippen LogP contribution in [0.1, 0.15) is 27.4 Å². The summed E-state index contributed by atoms with van der Waals surface area (Å²) in [6.07, 6.45) is 0.368. The Balaban J connectivity index is 1.15. The molecular weight excluding hydrogens is 518 g/mol. The first-order valence-corrected chi connectivity index (χ1v) is 13.4. The monoisotopic (exact) mass is 549 g/mol. The van der Waals surface area contributed by atoms with Crippen LogP contribution in [0.2, 0.25) is 0 Å². The number of para-hydroxylation sites is 3. The highest BCUT2D eigenvalue weighted by atomic mass is 16.5. The fraction of sp³-hybridized carbons (Fsp3) is 0.182. The van der Waals surface area contributed by atoms with Crippen molar-refractivity contribution < 1.29 is 23.5 Å². The van der Waals surface area contributed by atoms with Crippen molar-refractivity contribution in [2.24, 2.45) is 0 Å². The van der Waals surface area contributed by atoms with Gasteiger partial charge in [-0.05, 0) is 42.0 Å². The summed E-state index contributed by atoms with van der Waals surface area (Å²) < 4.78 is 16.6. The molecule has 0 fully saturated rings. The number of nitrogens with one attached hydrogen (secondary N) is 2. The summed E-state index contributed by atoms with van der Waals surface area (Å²) in [5, 5.41) is 6.50. The number of ether oxygens (including phenoxy) is 2. The molecule has 0 amide bonds. The number of ketones is 1. The average Bonchev–Trinajstić information content (AvgIpc) is 3.44. The van der Waals surface area contributed by atoms with Crippen LogP contribution in [0.3, 0.4) is 0 Å². The van der Waals surface area contributed by atoms with E-state index in [0.29, 0.717) is 48.8 Å². The number of aromatic nitrogens is 1. The number of esters is 1. The number of methoxy groups -OCH3 is 1. The number of carbonyl (C=O) groups excluding carboxylic acids is 2. The summed E-state index contributed by atoms with van der Waals surface area (Å²) in [6, 6.07) is 30.8. The molecule has 8 nitrogen and oxygen atoms in total. The standard InChI is InChI=1S/C33H31N3O5/c1-39-33(38)29(35-27-12-6-5-11-26(27)32(37)24-9-3-2-4-10-24)21-23-15-17-25(18-16-23)40-20-19-34-22-31-36-28-13-7-8-14-30(28)41-31/h2-18,29,34-35H,19-22H2,1H3. The summed E-state index contributed by atoms with van der Waals surface area (Å²) in [4.78, 5) is 30.3. The number of nitrogens with zero attached hydrogens (tertiary/aromatic N) is 1. The van der Waals surface area contributed by atoms with E-state index in [2.05, 4.69) is 15.6 Å². The number of oxazole rings is 1. The van der Waals surface area contributed by atoms with Gasteiger partial charge in [0.15, 0.2) is 11.4 Å². The minimum atomic E-state index is -0.687. The summed E-state index contributed by atoms with van der Waals surface area (Å²) in [7, 11) is 1.35. The van der Waals surface area contributed by atoms with Gasteiger partial charge < -0.3 is 24.5 Å². The first-order chi connectivity index (χ1) is 20.1. The van der Waals surface area contributed by atoms with E-state index in [1.807, 2.05) is 72.8 Å². The minimum Gasteiger partial charge on any atom is -0.492 e. The lowest BCUT2D eigenvalue weighted by atomic mass is 10.00. The van der Waals surface area contributed by atoms with Crippen molar-refractivity contribution in [3.8, 4) is 5.75 Å². The SMILES string of the molecule is COC(=O)C(Cc1ccc(OCCNCc2nc3ccccc3o2)cc1)Nc1ccccc1C(=O)c1ccccc1. The van der Waals surface area contributed by atoms with E-state index in [9.17, 15) is 9.59 Å². The van der Waals surface area contributed by atoms with Crippen molar-refractivity contribution in [3.05, 3.63) is 126 Å².